The summed E-state index contributed by atoms with van der Waals surface area (Å²) in [7, 11) is 0. The SMILES string of the molecule is CC(C)CNC(C)c1ccc(C(=O)O)o1. The molecule has 0 saturated heterocycles. The van der Waals surface area contributed by atoms with Crippen molar-refractivity contribution in [2.24, 2.45) is 5.92 Å². The second kappa shape index (κ2) is 4.98. The van der Waals surface area contributed by atoms with Crippen molar-refractivity contribution in [1.82, 2.24) is 5.32 Å². The van der Waals surface area contributed by atoms with E-state index in [0.717, 1.165) is 6.54 Å². The Bertz CT molecular complexity index is 330. The van der Waals surface area contributed by atoms with Gasteiger partial charge in [-0.2, -0.15) is 0 Å². The largest absolute Gasteiger partial charge is 0.475 e. The fraction of sp³-hybridized carbons (Fsp3) is 0.545. The molecule has 0 bridgehead atoms. The van der Waals surface area contributed by atoms with Crippen LogP contribution in [0.15, 0.2) is 16.5 Å². The van der Waals surface area contributed by atoms with Crippen molar-refractivity contribution in [2.45, 2.75) is 26.8 Å². The van der Waals surface area contributed by atoms with Crippen LogP contribution in [0.2, 0.25) is 0 Å². The highest BCUT2D eigenvalue weighted by atomic mass is 16.4. The summed E-state index contributed by atoms with van der Waals surface area (Å²) in [6.45, 7) is 7.06. The number of rotatable bonds is 5. The number of hydrogen-bond acceptors (Lipinski definition) is 3. The Kier molecular flexibility index (Phi) is 3.91. The molecule has 2 N–H and O–H groups in total. The molecule has 0 aromatic carbocycles. The molecule has 0 aliphatic rings. The van der Waals surface area contributed by atoms with Gasteiger partial charge in [0.2, 0.25) is 5.76 Å². The molecule has 0 aliphatic heterocycles. The van der Waals surface area contributed by atoms with E-state index in [9.17, 15) is 4.79 Å². The van der Waals surface area contributed by atoms with Crippen LogP contribution in [0.1, 0.15) is 43.1 Å². The smallest absolute Gasteiger partial charge is 0.371 e. The van der Waals surface area contributed by atoms with Gasteiger partial charge >= 0.3 is 5.97 Å². The van der Waals surface area contributed by atoms with Gasteiger partial charge in [-0.3, -0.25) is 0 Å². The van der Waals surface area contributed by atoms with Gasteiger partial charge in [0.05, 0.1) is 6.04 Å². The van der Waals surface area contributed by atoms with E-state index >= 15 is 0 Å². The first-order valence-electron chi connectivity index (χ1n) is 5.07. The molecule has 15 heavy (non-hydrogen) atoms. The molecule has 0 radical (unpaired) electrons. The summed E-state index contributed by atoms with van der Waals surface area (Å²) in [4.78, 5) is 10.6. The number of aromatic carboxylic acids is 1. The van der Waals surface area contributed by atoms with Gasteiger partial charge in [-0.25, -0.2) is 4.79 Å². The zero-order chi connectivity index (χ0) is 11.4. The molecule has 84 valence electrons. The van der Waals surface area contributed by atoms with E-state index in [0.29, 0.717) is 11.7 Å². The maximum atomic E-state index is 10.6. The molecule has 4 nitrogen and oxygen atoms in total. The quantitative estimate of drug-likeness (QED) is 0.784. The van der Waals surface area contributed by atoms with Gasteiger partial charge in [-0.1, -0.05) is 13.8 Å². The Labute approximate surface area is 89.3 Å². The summed E-state index contributed by atoms with van der Waals surface area (Å²) >= 11 is 0. The molecule has 4 heteroatoms. The second-order valence-corrected chi connectivity index (χ2v) is 4.03. The molecule has 0 aliphatic carbocycles. The number of carboxylic acid groups (broad SMARTS) is 1. The number of carbonyl (C=O) groups is 1. The van der Waals surface area contributed by atoms with Crippen molar-refractivity contribution in [3.63, 3.8) is 0 Å². The molecule has 1 aromatic rings. The van der Waals surface area contributed by atoms with Crippen molar-refractivity contribution >= 4 is 5.97 Å². The van der Waals surface area contributed by atoms with Crippen molar-refractivity contribution in [3.05, 3.63) is 23.7 Å². The van der Waals surface area contributed by atoms with Gasteiger partial charge in [-0.15, -0.1) is 0 Å². The lowest BCUT2D eigenvalue weighted by Gasteiger charge is -2.12. The van der Waals surface area contributed by atoms with Crippen molar-refractivity contribution < 1.29 is 14.3 Å². The van der Waals surface area contributed by atoms with Crippen LogP contribution < -0.4 is 5.32 Å². The predicted molar refractivity (Wildman–Crippen MR) is 56.9 cm³/mol. The van der Waals surface area contributed by atoms with Crippen LogP contribution in [0.5, 0.6) is 0 Å². The van der Waals surface area contributed by atoms with Crippen LogP contribution in [0.25, 0.3) is 0 Å². The van der Waals surface area contributed by atoms with E-state index in [1.165, 1.54) is 6.07 Å². The van der Waals surface area contributed by atoms with Gasteiger partial charge in [0.1, 0.15) is 5.76 Å². The molecular formula is C11H17NO3. The molecule has 1 unspecified atom stereocenters. The standard InChI is InChI=1S/C11H17NO3/c1-7(2)6-12-8(3)9-4-5-10(15-9)11(13)14/h4-5,7-8,12H,6H2,1-3H3,(H,13,14). The van der Waals surface area contributed by atoms with Crippen LogP contribution in [-0.2, 0) is 0 Å². The minimum atomic E-state index is -1.03. The lowest BCUT2D eigenvalue weighted by molar-refractivity contribution is 0.0659. The topological polar surface area (TPSA) is 62.5 Å². The van der Waals surface area contributed by atoms with Crippen LogP contribution in [0, 0.1) is 5.92 Å². The molecule has 0 amide bonds. The van der Waals surface area contributed by atoms with Crippen LogP contribution >= 0.6 is 0 Å². The van der Waals surface area contributed by atoms with Crippen LogP contribution in [0.3, 0.4) is 0 Å². The highest BCUT2D eigenvalue weighted by Crippen LogP contribution is 2.16. The summed E-state index contributed by atoms with van der Waals surface area (Å²) < 4.78 is 5.18. The Hall–Kier alpha value is -1.29. The summed E-state index contributed by atoms with van der Waals surface area (Å²) in [6.07, 6.45) is 0. The maximum Gasteiger partial charge on any atom is 0.371 e. The van der Waals surface area contributed by atoms with E-state index in [2.05, 4.69) is 19.2 Å². The molecule has 0 saturated carbocycles. The van der Waals surface area contributed by atoms with Crippen LogP contribution in [0.4, 0.5) is 0 Å². The fourth-order valence-electron chi connectivity index (χ4n) is 1.21. The van der Waals surface area contributed by atoms with E-state index in [4.69, 9.17) is 9.52 Å². The summed E-state index contributed by atoms with van der Waals surface area (Å²) in [5.41, 5.74) is 0. The van der Waals surface area contributed by atoms with Crippen molar-refractivity contribution in [2.75, 3.05) is 6.54 Å². The maximum absolute atomic E-state index is 10.6. The molecule has 0 spiro atoms. The number of carboxylic acids is 1. The monoisotopic (exact) mass is 211 g/mol. The van der Waals surface area contributed by atoms with Gasteiger partial charge in [0.25, 0.3) is 0 Å². The first-order valence-corrected chi connectivity index (χ1v) is 5.07. The summed E-state index contributed by atoms with van der Waals surface area (Å²) in [5, 5.41) is 11.9. The average molecular weight is 211 g/mol. The third-order valence-corrected chi connectivity index (χ3v) is 2.10. The minimum absolute atomic E-state index is 0.0109. The molecule has 1 atom stereocenters. The Morgan fingerprint density at radius 3 is 2.60 bits per heavy atom. The highest BCUT2D eigenvalue weighted by molar-refractivity contribution is 5.84. The molecule has 1 rings (SSSR count). The van der Waals surface area contributed by atoms with Crippen LogP contribution in [-0.4, -0.2) is 17.6 Å². The fourth-order valence-corrected chi connectivity index (χ4v) is 1.21. The minimum Gasteiger partial charge on any atom is -0.475 e. The predicted octanol–water partition coefficient (Wildman–Crippen LogP) is 2.28. The third-order valence-electron chi connectivity index (χ3n) is 2.10. The van der Waals surface area contributed by atoms with Gasteiger partial charge in [0, 0.05) is 0 Å². The zero-order valence-electron chi connectivity index (χ0n) is 9.28. The highest BCUT2D eigenvalue weighted by Gasteiger charge is 2.13. The lowest BCUT2D eigenvalue weighted by Crippen LogP contribution is -2.22. The Morgan fingerprint density at radius 1 is 1.47 bits per heavy atom. The molecular weight excluding hydrogens is 194 g/mol. The lowest BCUT2D eigenvalue weighted by atomic mass is 10.2. The second-order valence-electron chi connectivity index (χ2n) is 4.03. The first-order chi connectivity index (χ1) is 7.00. The van der Waals surface area contributed by atoms with Crippen molar-refractivity contribution in [3.8, 4) is 0 Å². The molecule has 1 heterocycles. The van der Waals surface area contributed by atoms with Gasteiger partial charge in [-0.05, 0) is 31.5 Å². The molecule has 0 fully saturated rings. The zero-order valence-corrected chi connectivity index (χ0v) is 9.28. The summed E-state index contributed by atoms with van der Waals surface area (Å²) in [6, 6.07) is 3.22. The van der Waals surface area contributed by atoms with Crippen molar-refractivity contribution in [1.29, 1.82) is 0 Å². The third kappa shape index (κ3) is 3.40. The van der Waals surface area contributed by atoms with E-state index in [1.807, 2.05) is 6.92 Å². The average Bonchev–Trinajstić information content (AvgIpc) is 2.62. The Balaban J connectivity index is 2.58. The van der Waals surface area contributed by atoms with Gasteiger partial charge in [0.15, 0.2) is 0 Å². The normalized spacial score (nSPS) is 13.1. The molecule has 1 aromatic heterocycles. The van der Waals surface area contributed by atoms with E-state index in [-0.39, 0.29) is 11.8 Å². The number of hydrogen-bond donors (Lipinski definition) is 2. The van der Waals surface area contributed by atoms with E-state index < -0.39 is 5.97 Å². The van der Waals surface area contributed by atoms with Gasteiger partial charge < -0.3 is 14.8 Å². The summed E-state index contributed by atoms with van der Waals surface area (Å²) in [5.74, 6) is 0.176. The number of nitrogens with one attached hydrogen (secondary N) is 1. The van der Waals surface area contributed by atoms with E-state index in [1.54, 1.807) is 6.07 Å². The first kappa shape index (κ1) is 11.8. The number of furan rings is 1. The Morgan fingerprint density at radius 2 is 2.13 bits per heavy atom.